The summed E-state index contributed by atoms with van der Waals surface area (Å²) in [6, 6.07) is 5.09. The lowest BCUT2D eigenvalue weighted by atomic mass is 10.3. The third kappa shape index (κ3) is 4.82. The number of carbonyl (C=O) groups is 2. The van der Waals surface area contributed by atoms with Gasteiger partial charge in [0.05, 0.1) is 0 Å². The van der Waals surface area contributed by atoms with Crippen LogP contribution in [0, 0.1) is 0 Å². The number of nitrogens with zero attached hydrogens (tertiary/aromatic N) is 1. The maximum atomic E-state index is 11.5. The molecular weight excluding hydrogens is 242 g/mol. The smallest absolute Gasteiger partial charge is 0.269 e. The number of pyridine rings is 1. The summed E-state index contributed by atoms with van der Waals surface area (Å²) in [5.74, 6) is -0.516. The molecule has 17 heavy (non-hydrogen) atoms. The Kier molecular flexibility index (Phi) is 5.42. The van der Waals surface area contributed by atoms with Crippen molar-refractivity contribution in [2.75, 3.05) is 13.1 Å². The van der Waals surface area contributed by atoms with Crippen LogP contribution >= 0.6 is 11.6 Å². The lowest BCUT2D eigenvalue weighted by Gasteiger charge is -2.07. The Morgan fingerprint density at radius 2 is 2.06 bits per heavy atom. The number of aromatic nitrogens is 1. The van der Waals surface area contributed by atoms with Crippen LogP contribution in [-0.2, 0) is 4.79 Å². The fourth-order valence-corrected chi connectivity index (χ4v) is 1.17. The minimum absolute atomic E-state index is 0.251. The highest BCUT2D eigenvalue weighted by atomic mass is 35.5. The van der Waals surface area contributed by atoms with Gasteiger partial charge < -0.3 is 10.6 Å². The maximum absolute atomic E-state index is 11.5. The number of carbonyl (C=O) groups excluding carboxylic acids is 2. The summed E-state index contributed by atoms with van der Waals surface area (Å²) in [4.78, 5) is 26.5. The molecule has 0 spiro atoms. The average molecular weight is 256 g/mol. The first-order valence-corrected chi connectivity index (χ1v) is 5.66. The fourth-order valence-electron chi connectivity index (χ4n) is 1.09. The van der Waals surface area contributed by atoms with E-state index in [0.717, 1.165) is 0 Å². The molecule has 0 saturated carbocycles. The molecule has 1 atom stereocenters. The van der Waals surface area contributed by atoms with Crippen LogP contribution in [-0.4, -0.2) is 35.3 Å². The van der Waals surface area contributed by atoms with E-state index < -0.39 is 5.38 Å². The van der Waals surface area contributed by atoms with Crippen molar-refractivity contribution in [3.8, 4) is 0 Å². The molecule has 0 aliphatic carbocycles. The molecule has 0 aromatic carbocycles. The number of halogens is 1. The van der Waals surface area contributed by atoms with E-state index in [-0.39, 0.29) is 11.8 Å². The van der Waals surface area contributed by atoms with E-state index in [2.05, 4.69) is 15.6 Å². The van der Waals surface area contributed by atoms with Crippen molar-refractivity contribution in [3.05, 3.63) is 30.1 Å². The van der Waals surface area contributed by atoms with Crippen molar-refractivity contribution < 1.29 is 9.59 Å². The van der Waals surface area contributed by atoms with Gasteiger partial charge >= 0.3 is 0 Å². The molecule has 1 unspecified atom stereocenters. The average Bonchev–Trinajstić information content (AvgIpc) is 2.35. The van der Waals surface area contributed by atoms with Gasteiger partial charge in [0.15, 0.2) is 0 Å². The SMILES string of the molecule is CC(Cl)C(=O)NCCNC(=O)c1ccccn1. The number of hydrogen-bond acceptors (Lipinski definition) is 3. The van der Waals surface area contributed by atoms with Crippen LogP contribution in [0.4, 0.5) is 0 Å². The summed E-state index contributed by atoms with van der Waals surface area (Å²) >= 11 is 5.56. The topological polar surface area (TPSA) is 71.1 Å². The third-order valence-electron chi connectivity index (χ3n) is 1.97. The highest BCUT2D eigenvalue weighted by molar-refractivity contribution is 6.30. The van der Waals surface area contributed by atoms with E-state index in [4.69, 9.17) is 11.6 Å². The van der Waals surface area contributed by atoms with Gasteiger partial charge in [-0.25, -0.2) is 0 Å². The van der Waals surface area contributed by atoms with Crippen LogP contribution in [0.25, 0.3) is 0 Å². The van der Waals surface area contributed by atoms with Gasteiger partial charge in [-0.15, -0.1) is 11.6 Å². The minimum Gasteiger partial charge on any atom is -0.353 e. The second-order valence-electron chi connectivity index (χ2n) is 3.38. The fraction of sp³-hybridized carbons (Fsp3) is 0.364. The molecule has 1 heterocycles. The molecule has 2 amide bonds. The molecule has 1 aromatic heterocycles. The van der Waals surface area contributed by atoms with E-state index in [1.807, 2.05) is 0 Å². The van der Waals surface area contributed by atoms with Crippen molar-refractivity contribution in [3.63, 3.8) is 0 Å². The predicted octanol–water partition coefficient (Wildman–Crippen LogP) is 0.555. The molecule has 2 N–H and O–H groups in total. The predicted molar refractivity (Wildman–Crippen MR) is 64.9 cm³/mol. The zero-order valence-corrected chi connectivity index (χ0v) is 10.2. The molecule has 0 bridgehead atoms. The lowest BCUT2D eigenvalue weighted by Crippen LogP contribution is -2.37. The Balaban J connectivity index is 2.24. The van der Waals surface area contributed by atoms with E-state index in [1.165, 1.54) is 0 Å². The molecule has 6 heteroatoms. The molecule has 1 aromatic rings. The van der Waals surface area contributed by atoms with Crippen LogP contribution in [0.1, 0.15) is 17.4 Å². The second-order valence-corrected chi connectivity index (χ2v) is 4.03. The Morgan fingerprint density at radius 1 is 1.35 bits per heavy atom. The molecule has 0 aliphatic heterocycles. The second kappa shape index (κ2) is 6.85. The van der Waals surface area contributed by atoms with Crippen LogP contribution in [0.5, 0.6) is 0 Å². The zero-order chi connectivity index (χ0) is 12.7. The van der Waals surface area contributed by atoms with Crippen LogP contribution in [0.15, 0.2) is 24.4 Å². The first-order chi connectivity index (χ1) is 8.11. The molecule has 0 fully saturated rings. The summed E-state index contributed by atoms with van der Waals surface area (Å²) in [7, 11) is 0. The van der Waals surface area contributed by atoms with Gasteiger partial charge in [-0.3, -0.25) is 14.6 Å². The van der Waals surface area contributed by atoms with E-state index in [1.54, 1.807) is 31.3 Å². The van der Waals surface area contributed by atoms with E-state index in [0.29, 0.717) is 18.8 Å². The van der Waals surface area contributed by atoms with Crippen molar-refractivity contribution in [2.24, 2.45) is 0 Å². The Morgan fingerprint density at radius 3 is 2.65 bits per heavy atom. The minimum atomic E-state index is -0.568. The van der Waals surface area contributed by atoms with Gasteiger partial charge in [0.25, 0.3) is 5.91 Å². The first kappa shape index (κ1) is 13.4. The lowest BCUT2D eigenvalue weighted by molar-refractivity contribution is -0.120. The molecule has 1 rings (SSSR count). The number of amides is 2. The number of rotatable bonds is 5. The summed E-state index contributed by atoms with van der Waals surface area (Å²) in [6.07, 6.45) is 1.55. The summed E-state index contributed by atoms with van der Waals surface area (Å²) in [6.45, 7) is 2.27. The van der Waals surface area contributed by atoms with Gasteiger partial charge in [0, 0.05) is 19.3 Å². The van der Waals surface area contributed by atoms with E-state index >= 15 is 0 Å². The Labute approximate surface area is 105 Å². The molecule has 0 radical (unpaired) electrons. The Bertz CT molecular complexity index is 382. The number of alkyl halides is 1. The third-order valence-corrected chi connectivity index (χ3v) is 2.17. The van der Waals surface area contributed by atoms with Gasteiger partial charge in [-0.05, 0) is 19.1 Å². The number of hydrogen-bond donors (Lipinski definition) is 2. The summed E-state index contributed by atoms with van der Waals surface area (Å²) < 4.78 is 0. The standard InChI is InChI=1S/C11H14ClN3O2/c1-8(12)10(16)14-6-7-15-11(17)9-4-2-3-5-13-9/h2-5,8H,6-7H2,1H3,(H,14,16)(H,15,17). The summed E-state index contributed by atoms with van der Waals surface area (Å²) in [5, 5.41) is 4.65. The largest absolute Gasteiger partial charge is 0.353 e. The molecular formula is C11H14ClN3O2. The quantitative estimate of drug-likeness (QED) is 0.596. The highest BCUT2D eigenvalue weighted by Crippen LogP contribution is 1.92. The van der Waals surface area contributed by atoms with Gasteiger partial charge in [-0.1, -0.05) is 6.07 Å². The van der Waals surface area contributed by atoms with Gasteiger partial charge in [0.2, 0.25) is 5.91 Å². The van der Waals surface area contributed by atoms with Crippen LogP contribution in [0.2, 0.25) is 0 Å². The van der Waals surface area contributed by atoms with Crippen molar-refractivity contribution in [2.45, 2.75) is 12.3 Å². The van der Waals surface area contributed by atoms with Crippen molar-refractivity contribution in [1.29, 1.82) is 0 Å². The molecule has 0 aliphatic rings. The molecule has 5 nitrogen and oxygen atoms in total. The summed E-state index contributed by atoms with van der Waals surface area (Å²) in [5.41, 5.74) is 0.351. The molecule has 0 saturated heterocycles. The van der Waals surface area contributed by atoms with Crippen LogP contribution in [0.3, 0.4) is 0 Å². The van der Waals surface area contributed by atoms with Gasteiger partial charge in [-0.2, -0.15) is 0 Å². The maximum Gasteiger partial charge on any atom is 0.269 e. The van der Waals surface area contributed by atoms with E-state index in [9.17, 15) is 9.59 Å². The molecule has 92 valence electrons. The first-order valence-electron chi connectivity index (χ1n) is 5.22. The number of nitrogens with one attached hydrogen (secondary N) is 2. The monoisotopic (exact) mass is 255 g/mol. The zero-order valence-electron chi connectivity index (χ0n) is 9.44. The Hall–Kier alpha value is -1.62. The normalized spacial score (nSPS) is 11.6. The van der Waals surface area contributed by atoms with Gasteiger partial charge in [0.1, 0.15) is 11.1 Å². The highest BCUT2D eigenvalue weighted by Gasteiger charge is 2.08. The van der Waals surface area contributed by atoms with Crippen molar-refractivity contribution in [1.82, 2.24) is 15.6 Å². The van der Waals surface area contributed by atoms with Crippen LogP contribution < -0.4 is 10.6 Å². The van der Waals surface area contributed by atoms with Crippen molar-refractivity contribution >= 4 is 23.4 Å².